The van der Waals surface area contributed by atoms with Gasteiger partial charge < -0.3 is 14.8 Å². The van der Waals surface area contributed by atoms with Crippen LogP contribution in [-0.4, -0.2) is 20.8 Å². The summed E-state index contributed by atoms with van der Waals surface area (Å²) >= 11 is 6.09. The minimum atomic E-state index is 0.198. The van der Waals surface area contributed by atoms with E-state index in [4.69, 9.17) is 21.1 Å². The van der Waals surface area contributed by atoms with Gasteiger partial charge in [0.05, 0.1) is 19.2 Å². The summed E-state index contributed by atoms with van der Waals surface area (Å²) < 4.78 is 10.5. The molecule has 0 spiro atoms. The highest BCUT2D eigenvalue weighted by Gasteiger charge is 2.14. The zero-order chi connectivity index (χ0) is 12.1. The molecule has 90 valence electrons. The molecule has 16 heavy (non-hydrogen) atoms. The first-order chi connectivity index (χ1) is 7.63. The summed E-state index contributed by atoms with van der Waals surface area (Å²) in [4.78, 5) is 0. The molecule has 1 rings (SSSR count). The molecule has 0 bridgehead atoms. The molecule has 0 radical (unpaired) electrons. The van der Waals surface area contributed by atoms with E-state index in [1.54, 1.807) is 14.2 Å². The van der Waals surface area contributed by atoms with Gasteiger partial charge in [0.1, 0.15) is 11.5 Å². The third-order valence-electron chi connectivity index (χ3n) is 2.48. The molecular weight excluding hydrogens is 226 g/mol. The molecule has 3 nitrogen and oxygen atoms in total. The van der Waals surface area contributed by atoms with Crippen molar-refractivity contribution in [2.45, 2.75) is 19.9 Å². The smallest absolute Gasteiger partial charge is 0.141 e. The highest BCUT2D eigenvalue weighted by molar-refractivity contribution is 6.32. The average Bonchev–Trinajstić information content (AvgIpc) is 2.29. The quantitative estimate of drug-likeness (QED) is 0.862. The van der Waals surface area contributed by atoms with E-state index in [9.17, 15) is 0 Å². The molecule has 0 aliphatic heterocycles. The van der Waals surface area contributed by atoms with Crippen molar-refractivity contribution in [2.24, 2.45) is 0 Å². The Kier molecular flexibility index (Phi) is 4.90. The number of benzene rings is 1. The molecular formula is C12H18ClNO2. The van der Waals surface area contributed by atoms with Crippen molar-refractivity contribution < 1.29 is 9.47 Å². The van der Waals surface area contributed by atoms with Crippen LogP contribution in [0.2, 0.25) is 5.02 Å². The molecule has 1 atom stereocenters. The number of ether oxygens (including phenoxy) is 2. The molecule has 4 heteroatoms. The van der Waals surface area contributed by atoms with Gasteiger partial charge in [-0.15, -0.1) is 0 Å². The minimum absolute atomic E-state index is 0.198. The van der Waals surface area contributed by atoms with E-state index < -0.39 is 0 Å². The van der Waals surface area contributed by atoms with Crippen LogP contribution in [0.15, 0.2) is 12.1 Å². The second-order valence-electron chi connectivity index (χ2n) is 3.51. The maximum absolute atomic E-state index is 6.09. The monoisotopic (exact) mass is 243 g/mol. The van der Waals surface area contributed by atoms with E-state index in [1.165, 1.54) is 0 Å². The summed E-state index contributed by atoms with van der Waals surface area (Å²) in [5.41, 5.74) is 1.04. The van der Waals surface area contributed by atoms with Gasteiger partial charge >= 0.3 is 0 Å². The maximum Gasteiger partial charge on any atom is 0.141 e. The van der Waals surface area contributed by atoms with Gasteiger partial charge in [-0.2, -0.15) is 0 Å². The number of hydrogen-bond donors (Lipinski definition) is 1. The van der Waals surface area contributed by atoms with Crippen molar-refractivity contribution in [3.8, 4) is 11.5 Å². The number of halogens is 1. The first-order valence-electron chi connectivity index (χ1n) is 5.28. The Morgan fingerprint density at radius 3 is 2.38 bits per heavy atom. The Balaban J connectivity index is 3.12. The predicted molar refractivity (Wildman–Crippen MR) is 66.6 cm³/mol. The molecule has 1 unspecified atom stereocenters. The number of methoxy groups -OCH3 is 2. The number of rotatable bonds is 5. The number of hydrogen-bond acceptors (Lipinski definition) is 3. The first-order valence-corrected chi connectivity index (χ1v) is 5.66. The van der Waals surface area contributed by atoms with Gasteiger partial charge in [0.25, 0.3) is 0 Å². The normalized spacial score (nSPS) is 12.3. The lowest BCUT2D eigenvalue weighted by Gasteiger charge is -2.18. The predicted octanol–water partition coefficient (Wildman–Crippen LogP) is 3.03. The molecule has 0 aliphatic carbocycles. The fraction of sp³-hybridized carbons (Fsp3) is 0.500. The Morgan fingerprint density at radius 2 is 1.88 bits per heavy atom. The van der Waals surface area contributed by atoms with Gasteiger partial charge in [-0.25, -0.2) is 0 Å². The van der Waals surface area contributed by atoms with E-state index in [2.05, 4.69) is 19.2 Å². The van der Waals surface area contributed by atoms with Crippen molar-refractivity contribution in [3.05, 3.63) is 22.7 Å². The summed E-state index contributed by atoms with van der Waals surface area (Å²) in [5.74, 6) is 1.42. The van der Waals surface area contributed by atoms with Crippen LogP contribution in [0.3, 0.4) is 0 Å². The molecule has 0 saturated carbocycles. The highest BCUT2D eigenvalue weighted by atomic mass is 35.5. The van der Waals surface area contributed by atoms with Crippen LogP contribution in [0.5, 0.6) is 11.5 Å². The van der Waals surface area contributed by atoms with Crippen LogP contribution in [0, 0.1) is 0 Å². The lowest BCUT2D eigenvalue weighted by molar-refractivity contribution is 0.386. The molecule has 1 N–H and O–H groups in total. The molecule has 0 aliphatic rings. The minimum Gasteiger partial charge on any atom is -0.496 e. The summed E-state index contributed by atoms with van der Waals surface area (Å²) in [7, 11) is 3.24. The van der Waals surface area contributed by atoms with Gasteiger partial charge in [0, 0.05) is 17.7 Å². The van der Waals surface area contributed by atoms with Crippen LogP contribution in [0.25, 0.3) is 0 Å². The average molecular weight is 244 g/mol. The topological polar surface area (TPSA) is 30.5 Å². The lowest BCUT2D eigenvalue weighted by atomic mass is 10.1. The van der Waals surface area contributed by atoms with Crippen LogP contribution < -0.4 is 14.8 Å². The Labute approximate surface area is 102 Å². The summed E-state index contributed by atoms with van der Waals surface area (Å²) in [6, 6.07) is 3.89. The van der Waals surface area contributed by atoms with E-state index in [0.717, 1.165) is 17.9 Å². The van der Waals surface area contributed by atoms with E-state index in [0.29, 0.717) is 10.8 Å². The van der Waals surface area contributed by atoms with E-state index in [1.807, 2.05) is 12.1 Å². The Bertz CT molecular complexity index is 355. The third kappa shape index (κ3) is 2.80. The third-order valence-corrected chi connectivity index (χ3v) is 2.78. The Morgan fingerprint density at radius 1 is 1.25 bits per heavy atom. The zero-order valence-electron chi connectivity index (χ0n) is 10.1. The standard InChI is InChI=1S/C12H18ClNO2/c1-5-14-8(2)9-6-10(13)12(16-4)7-11(9)15-3/h6-8,14H,5H2,1-4H3. The fourth-order valence-corrected chi connectivity index (χ4v) is 1.89. The maximum atomic E-state index is 6.09. The van der Waals surface area contributed by atoms with Crippen molar-refractivity contribution >= 4 is 11.6 Å². The summed E-state index contributed by atoms with van der Waals surface area (Å²) in [5, 5.41) is 3.92. The Hall–Kier alpha value is -0.930. The molecule has 0 heterocycles. The SMILES string of the molecule is CCNC(C)c1cc(Cl)c(OC)cc1OC. The van der Waals surface area contributed by atoms with Crippen LogP contribution in [0.1, 0.15) is 25.5 Å². The summed E-state index contributed by atoms with van der Waals surface area (Å²) in [6.07, 6.45) is 0. The lowest BCUT2D eigenvalue weighted by Crippen LogP contribution is -2.18. The summed E-state index contributed by atoms with van der Waals surface area (Å²) in [6.45, 7) is 5.03. The molecule has 1 aromatic rings. The zero-order valence-corrected chi connectivity index (χ0v) is 10.9. The fourth-order valence-electron chi connectivity index (χ4n) is 1.64. The largest absolute Gasteiger partial charge is 0.496 e. The van der Waals surface area contributed by atoms with Gasteiger partial charge in [0.2, 0.25) is 0 Å². The molecule has 0 aromatic heterocycles. The van der Waals surface area contributed by atoms with Crippen LogP contribution >= 0.6 is 11.6 Å². The second-order valence-corrected chi connectivity index (χ2v) is 3.92. The second kappa shape index (κ2) is 5.97. The van der Waals surface area contributed by atoms with Crippen molar-refractivity contribution in [1.82, 2.24) is 5.32 Å². The van der Waals surface area contributed by atoms with Gasteiger partial charge in [-0.05, 0) is 19.5 Å². The molecule has 0 fully saturated rings. The molecule has 1 aromatic carbocycles. The first kappa shape index (κ1) is 13.1. The van der Waals surface area contributed by atoms with Gasteiger partial charge in [0.15, 0.2) is 0 Å². The molecule has 0 saturated heterocycles. The highest BCUT2D eigenvalue weighted by Crippen LogP contribution is 2.35. The van der Waals surface area contributed by atoms with Crippen LogP contribution in [0.4, 0.5) is 0 Å². The van der Waals surface area contributed by atoms with Crippen molar-refractivity contribution in [2.75, 3.05) is 20.8 Å². The van der Waals surface area contributed by atoms with Crippen LogP contribution in [-0.2, 0) is 0 Å². The molecule has 0 amide bonds. The van der Waals surface area contributed by atoms with Crippen molar-refractivity contribution in [3.63, 3.8) is 0 Å². The van der Waals surface area contributed by atoms with Crippen molar-refractivity contribution in [1.29, 1.82) is 0 Å². The van der Waals surface area contributed by atoms with E-state index in [-0.39, 0.29) is 6.04 Å². The van der Waals surface area contributed by atoms with E-state index >= 15 is 0 Å². The number of nitrogens with one attached hydrogen (secondary N) is 1. The van der Waals surface area contributed by atoms with Gasteiger partial charge in [-0.1, -0.05) is 18.5 Å². The van der Waals surface area contributed by atoms with Gasteiger partial charge in [-0.3, -0.25) is 0 Å².